The topological polar surface area (TPSA) is 64.4 Å². The summed E-state index contributed by atoms with van der Waals surface area (Å²) in [6.07, 6.45) is 0. The lowest BCUT2D eigenvalue weighted by Crippen LogP contribution is -2.16. The molecule has 0 spiro atoms. The van der Waals surface area contributed by atoms with Crippen LogP contribution in [0, 0.1) is 19.7 Å². The zero-order valence-electron chi connectivity index (χ0n) is 14.2. The van der Waals surface area contributed by atoms with Gasteiger partial charge in [-0.3, -0.25) is 4.79 Å². The predicted molar refractivity (Wildman–Crippen MR) is 98.8 cm³/mol. The number of anilines is 1. The summed E-state index contributed by atoms with van der Waals surface area (Å²) in [7, 11) is 0. The molecule has 26 heavy (non-hydrogen) atoms. The van der Waals surface area contributed by atoms with Gasteiger partial charge in [0.1, 0.15) is 23.9 Å². The Morgan fingerprint density at radius 2 is 1.96 bits per heavy atom. The van der Waals surface area contributed by atoms with Crippen molar-refractivity contribution in [2.24, 2.45) is 0 Å². The number of aryl methyl sites for hydroxylation is 2. The standard InChI is InChI=1S/C19H16BrFN2O3/c1-11-3-6-14(7-4-11)25-10-15-12(2)26-23-18(15)19(24)22-17-8-5-13(20)9-16(17)21/h3-9H,10H2,1-2H3,(H,22,24). The molecule has 3 rings (SSSR count). The van der Waals surface area contributed by atoms with Gasteiger partial charge in [-0.1, -0.05) is 38.8 Å². The van der Waals surface area contributed by atoms with Crippen LogP contribution in [0.15, 0.2) is 51.5 Å². The minimum absolute atomic E-state index is 0.0595. The third-order valence-electron chi connectivity index (χ3n) is 3.78. The minimum atomic E-state index is -0.564. The second-order valence-corrected chi connectivity index (χ2v) is 6.66. The highest BCUT2D eigenvalue weighted by atomic mass is 79.9. The normalized spacial score (nSPS) is 10.6. The van der Waals surface area contributed by atoms with Gasteiger partial charge in [0.25, 0.3) is 5.91 Å². The fourth-order valence-corrected chi connectivity index (χ4v) is 2.64. The smallest absolute Gasteiger partial charge is 0.278 e. The van der Waals surface area contributed by atoms with E-state index in [1.165, 1.54) is 12.1 Å². The van der Waals surface area contributed by atoms with E-state index >= 15 is 0 Å². The number of hydrogen-bond acceptors (Lipinski definition) is 4. The van der Waals surface area contributed by atoms with Crippen molar-refractivity contribution in [1.82, 2.24) is 5.16 Å². The Hall–Kier alpha value is -2.67. The summed E-state index contributed by atoms with van der Waals surface area (Å²) in [4.78, 5) is 12.5. The molecule has 1 N–H and O–H groups in total. The molecule has 0 aliphatic heterocycles. The molecule has 0 saturated carbocycles. The van der Waals surface area contributed by atoms with E-state index in [2.05, 4.69) is 26.4 Å². The Kier molecular flexibility index (Phi) is 5.37. The molecule has 3 aromatic rings. The summed E-state index contributed by atoms with van der Waals surface area (Å²) in [5.74, 6) is 0.0241. The number of halogens is 2. The van der Waals surface area contributed by atoms with Crippen LogP contribution in [0.25, 0.3) is 0 Å². The van der Waals surface area contributed by atoms with E-state index in [1.54, 1.807) is 13.0 Å². The second kappa shape index (κ2) is 7.70. The van der Waals surface area contributed by atoms with E-state index in [9.17, 15) is 9.18 Å². The lowest BCUT2D eigenvalue weighted by molar-refractivity contribution is 0.101. The number of nitrogens with one attached hydrogen (secondary N) is 1. The predicted octanol–water partition coefficient (Wildman–Crippen LogP) is 5.02. The Bertz CT molecular complexity index is 938. The van der Waals surface area contributed by atoms with E-state index < -0.39 is 11.7 Å². The summed E-state index contributed by atoms with van der Waals surface area (Å²) in [5.41, 5.74) is 1.76. The van der Waals surface area contributed by atoms with Crippen LogP contribution in [0.1, 0.15) is 27.4 Å². The van der Waals surface area contributed by atoms with Crippen molar-refractivity contribution in [3.63, 3.8) is 0 Å². The van der Waals surface area contributed by atoms with E-state index in [0.29, 0.717) is 21.5 Å². The number of nitrogens with zero attached hydrogens (tertiary/aromatic N) is 1. The van der Waals surface area contributed by atoms with Gasteiger partial charge in [-0.2, -0.15) is 0 Å². The Labute approximate surface area is 158 Å². The lowest BCUT2D eigenvalue weighted by atomic mass is 10.2. The maximum atomic E-state index is 13.9. The lowest BCUT2D eigenvalue weighted by Gasteiger charge is -2.08. The van der Waals surface area contributed by atoms with Crippen LogP contribution in [0.2, 0.25) is 0 Å². The third kappa shape index (κ3) is 4.11. The number of amides is 1. The van der Waals surface area contributed by atoms with E-state index in [1.807, 2.05) is 31.2 Å². The van der Waals surface area contributed by atoms with Crippen molar-refractivity contribution < 1.29 is 18.4 Å². The monoisotopic (exact) mass is 418 g/mol. The van der Waals surface area contributed by atoms with Gasteiger partial charge in [-0.15, -0.1) is 0 Å². The first-order valence-electron chi connectivity index (χ1n) is 7.85. The fraction of sp³-hybridized carbons (Fsp3) is 0.158. The zero-order chi connectivity index (χ0) is 18.7. The Morgan fingerprint density at radius 1 is 1.23 bits per heavy atom. The van der Waals surface area contributed by atoms with Crippen molar-refractivity contribution >= 4 is 27.5 Å². The molecule has 1 amide bonds. The number of benzene rings is 2. The van der Waals surface area contributed by atoms with E-state index in [-0.39, 0.29) is 18.0 Å². The van der Waals surface area contributed by atoms with Gasteiger partial charge in [0.15, 0.2) is 5.69 Å². The Morgan fingerprint density at radius 3 is 2.65 bits per heavy atom. The number of rotatable bonds is 5. The van der Waals surface area contributed by atoms with Crippen LogP contribution in [0.4, 0.5) is 10.1 Å². The SMILES string of the molecule is Cc1ccc(OCc2c(C(=O)Nc3ccc(Br)cc3F)noc2C)cc1. The number of hydrogen-bond donors (Lipinski definition) is 1. The molecule has 0 unspecified atom stereocenters. The van der Waals surface area contributed by atoms with Crippen molar-refractivity contribution in [3.05, 3.63) is 75.3 Å². The minimum Gasteiger partial charge on any atom is -0.489 e. The molecule has 0 aliphatic rings. The Balaban J connectivity index is 1.76. The van der Waals surface area contributed by atoms with E-state index in [0.717, 1.165) is 5.56 Å². The zero-order valence-corrected chi connectivity index (χ0v) is 15.8. The number of carbonyl (C=O) groups excluding carboxylic acids is 1. The van der Waals surface area contributed by atoms with Gasteiger partial charge in [0, 0.05) is 4.47 Å². The highest BCUT2D eigenvalue weighted by Crippen LogP contribution is 2.22. The molecular weight excluding hydrogens is 403 g/mol. The molecule has 1 aromatic heterocycles. The van der Waals surface area contributed by atoms with Crippen LogP contribution in [0.5, 0.6) is 5.75 Å². The molecule has 0 fully saturated rings. The summed E-state index contributed by atoms with van der Waals surface area (Å²) in [5, 5.41) is 6.29. The average Bonchev–Trinajstić information content (AvgIpc) is 2.98. The van der Waals surface area contributed by atoms with Crippen LogP contribution >= 0.6 is 15.9 Å². The molecule has 7 heteroatoms. The van der Waals surface area contributed by atoms with Gasteiger partial charge in [0.05, 0.1) is 11.3 Å². The first-order chi connectivity index (χ1) is 12.4. The summed E-state index contributed by atoms with van der Waals surface area (Å²) in [6, 6.07) is 11.9. The molecule has 0 saturated heterocycles. The van der Waals surface area contributed by atoms with E-state index in [4.69, 9.17) is 9.26 Å². The fourth-order valence-electron chi connectivity index (χ4n) is 2.30. The van der Waals surface area contributed by atoms with Crippen LogP contribution in [0.3, 0.4) is 0 Å². The van der Waals surface area contributed by atoms with Crippen LogP contribution in [-0.2, 0) is 6.61 Å². The number of aromatic nitrogens is 1. The van der Waals surface area contributed by atoms with Gasteiger partial charge >= 0.3 is 0 Å². The quantitative estimate of drug-likeness (QED) is 0.631. The van der Waals surface area contributed by atoms with Gasteiger partial charge in [-0.05, 0) is 44.2 Å². The number of carbonyl (C=O) groups is 1. The van der Waals surface area contributed by atoms with Crippen molar-refractivity contribution in [2.75, 3.05) is 5.32 Å². The van der Waals surface area contributed by atoms with Crippen molar-refractivity contribution in [1.29, 1.82) is 0 Å². The number of ether oxygens (including phenoxy) is 1. The first kappa shape index (κ1) is 18.1. The molecule has 0 bridgehead atoms. The molecule has 0 aliphatic carbocycles. The van der Waals surface area contributed by atoms with Crippen LogP contribution < -0.4 is 10.1 Å². The highest BCUT2D eigenvalue weighted by Gasteiger charge is 2.21. The summed E-state index contributed by atoms with van der Waals surface area (Å²) < 4.78 is 25.3. The molecule has 2 aromatic carbocycles. The molecule has 1 heterocycles. The van der Waals surface area contributed by atoms with Gasteiger partial charge in [0.2, 0.25) is 0 Å². The van der Waals surface area contributed by atoms with Crippen molar-refractivity contribution in [2.45, 2.75) is 20.5 Å². The van der Waals surface area contributed by atoms with Crippen molar-refractivity contribution in [3.8, 4) is 5.75 Å². The maximum absolute atomic E-state index is 13.9. The molecule has 5 nitrogen and oxygen atoms in total. The second-order valence-electron chi connectivity index (χ2n) is 5.75. The largest absolute Gasteiger partial charge is 0.489 e. The summed E-state index contributed by atoms with van der Waals surface area (Å²) >= 11 is 3.17. The maximum Gasteiger partial charge on any atom is 0.278 e. The molecule has 0 atom stereocenters. The summed E-state index contributed by atoms with van der Waals surface area (Å²) in [6.45, 7) is 3.79. The molecule has 0 radical (unpaired) electrons. The molecule has 134 valence electrons. The molecular formula is C19H16BrFN2O3. The van der Waals surface area contributed by atoms with Gasteiger partial charge in [-0.25, -0.2) is 4.39 Å². The van der Waals surface area contributed by atoms with Crippen LogP contribution in [-0.4, -0.2) is 11.1 Å². The average molecular weight is 419 g/mol. The van der Waals surface area contributed by atoms with Gasteiger partial charge < -0.3 is 14.6 Å². The highest BCUT2D eigenvalue weighted by molar-refractivity contribution is 9.10. The first-order valence-corrected chi connectivity index (χ1v) is 8.64. The third-order valence-corrected chi connectivity index (χ3v) is 4.28.